The molecule has 1 aliphatic heterocycles. The van der Waals surface area contributed by atoms with E-state index in [1.807, 2.05) is 6.07 Å². The Kier molecular flexibility index (Phi) is 6.28. The topological polar surface area (TPSA) is 45.2 Å². The van der Waals surface area contributed by atoms with Gasteiger partial charge in [0, 0.05) is 37.9 Å². The summed E-state index contributed by atoms with van der Waals surface area (Å²) in [5, 5.41) is 3.32. The number of nitrogens with zero attached hydrogens (tertiary/aromatic N) is 2. The Morgan fingerprint density at radius 1 is 1.19 bits per heavy atom. The van der Waals surface area contributed by atoms with Gasteiger partial charge in [-0.2, -0.15) is 0 Å². The van der Waals surface area contributed by atoms with Gasteiger partial charge in [0.2, 0.25) is 0 Å². The number of hydrogen-bond donors (Lipinski definition) is 1. The second-order valence-corrected chi connectivity index (χ2v) is 7.85. The Labute approximate surface area is 160 Å². The molecular formula is C21H26ClN3O. The first-order chi connectivity index (χ1) is 12.5. The van der Waals surface area contributed by atoms with Crippen LogP contribution >= 0.6 is 11.6 Å². The molecule has 0 aliphatic carbocycles. The smallest absolute Gasteiger partial charge is 0.251 e. The van der Waals surface area contributed by atoms with E-state index < -0.39 is 0 Å². The van der Waals surface area contributed by atoms with Gasteiger partial charge in [0.1, 0.15) is 5.15 Å². The summed E-state index contributed by atoms with van der Waals surface area (Å²) in [5.74, 6) is 1.34. The summed E-state index contributed by atoms with van der Waals surface area (Å²) in [7, 11) is 0. The van der Waals surface area contributed by atoms with E-state index in [0.717, 1.165) is 37.0 Å². The highest BCUT2D eigenvalue weighted by Gasteiger charge is 2.22. The zero-order valence-corrected chi connectivity index (χ0v) is 16.2. The fourth-order valence-electron chi connectivity index (χ4n) is 3.87. The minimum Gasteiger partial charge on any atom is -0.348 e. The fourth-order valence-corrected chi connectivity index (χ4v) is 4.04. The average molecular weight is 372 g/mol. The quantitative estimate of drug-likeness (QED) is 0.803. The lowest BCUT2D eigenvalue weighted by molar-refractivity contribution is 0.0950. The van der Waals surface area contributed by atoms with E-state index in [2.05, 4.69) is 47.2 Å². The number of piperidine rings is 1. The number of carbonyl (C=O) groups excluding carboxylic acids is 1. The molecule has 2 heterocycles. The molecule has 0 radical (unpaired) electrons. The molecule has 3 rings (SSSR count). The van der Waals surface area contributed by atoms with Crippen molar-refractivity contribution in [3.8, 4) is 0 Å². The molecule has 0 bridgehead atoms. The molecular weight excluding hydrogens is 346 g/mol. The van der Waals surface area contributed by atoms with Crippen molar-refractivity contribution in [2.75, 3.05) is 13.1 Å². The lowest BCUT2D eigenvalue weighted by Gasteiger charge is -2.35. The molecule has 2 atom stereocenters. The maximum Gasteiger partial charge on any atom is 0.251 e. The van der Waals surface area contributed by atoms with Crippen molar-refractivity contribution in [2.24, 2.45) is 11.8 Å². The first kappa shape index (κ1) is 18.9. The molecule has 0 saturated carbocycles. The van der Waals surface area contributed by atoms with Crippen LogP contribution in [0.2, 0.25) is 5.15 Å². The van der Waals surface area contributed by atoms with Gasteiger partial charge in [-0.05, 0) is 41.5 Å². The predicted octanol–water partition coefficient (Wildman–Crippen LogP) is 4.14. The number of carbonyl (C=O) groups is 1. The van der Waals surface area contributed by atoms with Gasteiger partial charge >= 0.3 is 0 Å². The van der Waals surface area contributed by atoms with Crippen molar-refractivity contribution in [1.82, 2.24) is 15.2 Å². The Balaban J connectivity index is 1.64. The summed E-state index contributed by atoms with van der Waals surface area (Å²) in [6, 6.07) is 11.6. The number of benzene rings is 1. The normalized spacial score (nSPS) is 20.7. The summed E-state index contributed by atoms with van der Waals surface area (Å²) < 4.78 is 0. The molecule has 138 valence electrons. The van der Waals surface area contributed by atoms with Gasteiger partial charge in [-0.3, -0.25) is 9.69 Å². The molecule has 5 heteroatoms. The molecule has 0 spiro atoms. The van der Waals surface area contributed by atoms with Crippen molar-refractivity contribution in [1.29, 1.82) is 0 Å². The van der Waals surface area contributed by atoms with Crippen LogP contribution in [0.4, 0.5) is 0 Å². The molecule has 1 aromatic carbocycles. The summed E-state index contributed by atoms with van der Waals surface area (Å²) >= 11 is 5.87. The third-order valence-electron chi connectivity index (χ3n) is 4.88. The van der Waals surface area contributed by atoms with Crippen molar-refractivity contribution in [2.45, 2.75) is 33.4 Å². The SMILES string of the molecule is CC1CC(C)CN(Cc2ccccc2CNC(=O)c2ccnc(Cl)c2)C1. The number of amides is 1. The number of nitrogens with one attached hydrogen (secondary N) is 1. The molecule has 1 fully saturated rings. The van der Waals surface area contributed by atoms with Gasteiger partial charge in [-0.1, -0.05) is 49.7 Å². The van der Waals surface area contributed by atoms with Crippen LogP contribution in [-0.2, 0) is 13.1 Å². The van der Waals surface area contributed by atoms with Crippen LogP contribution in [0.1, 0.15) is 41.8 Å². The largest absolute Gasteiger partial charge is 0.348 e. The molecule has 26 heavy (non-hydrogen) atoms. The number of pyridine rings is 1. The highest BCUT2D eigenvalue weighted by Crippen LogP contribution is 2.23. The Morgan fingerprint density at radius 2 is 1.88 bits per heavy atom. The fraction of sp³-hybridized carbons (Fsp3) is 0.429. The van der Waals surface area contributed by atoms with Crippen LogP contribution in [0, 0.1) is 11.8 Å². The van der Waals surface area contributed by atoms with Crippen LogP contribution < -0.4 is 5.32 Å². The number of aromatic nitrogens is 1. The molecule has 1 saturated heterocycles. The monoisotopic (exact) mass is 371 g/mol. The van der Waals surface area contributed by atoms with Crippen molar-refractivity contribution in [3.05, 3.63) is 64.4 Å². The van der Waals surface area contributed by atoms with Gasteiger partial charge in [0.15, 0.2) is 0 Å². The maximum absolute atomic E-state index is 12.3. The second-order valence-electron chi connectivity index (χ2n) is 7.46. The standard InChI is InChI=1S/C21H26ClN3O/c1-15-9-16(2)13-25(12-15)14-19-6-4-3-5-18(19)11-24-21(26)17-7-8-23-20(22)10-17/h3-8,10,15-16H,9,11-14H2,1-2H3,(H,24,26). The Bertz CT molecular complexity index is 754. The van der Waals surface area contributed by atoms with Crippen molar-refractivity contribution in [3.63, 3.8) is 0 Å². The van der Waals surface area contributed by atoms with Gasteiger partial charge in [0.05, 0.1) is 0 Å². The summed E-state index contributed by atoms with van der Waals surface area (Å²) in [6.45, 7) is 8.38. The molecule has 1 amide bonds. The van der Waals surface area contributed by atoms with Crippen LogP contribution in [0.5, 0.6) is 0 Å². The lowest BCUT2D eigenvalue weighted by atomic mass is 9.91. The number of hydrogen-bond acceptors (Lipinski definition) is 3. The maximum atomic E-state index is 12.3. The van der Waals surface area contributed by atoms with E-state index in [1.54, 1.807) is 18.3 Å². The first-order valence-electron chi connectivity index (χ1n) is 9.20. The highest BCUT2D eigenvalue weighted by atomic mass is 35.5. The summed E-state index contributed by atoms with van der Waals surface area (Å²) in [6.07, 6.45) is 2.85. The highest BCUT2D eigenvalue weighted by molar-refractivity contribution is 6.29. The number of likely N-dealkylation sites (tertiary alicyclic amines) is 1. The molecule has 4 nitrogen and oxygen atoms in total. The number of rotatable bonds is 5. The van der Waals surface area contributed by atoms with E-state index in [-0.39, 0.29) is 5.91 Å². The molecule has 2 unspecified atom stereocenters. The molecule has 1 aliphatic rings. The minimum absolute atomic E-state index is 0.135. The number of halogens is 1. The zero-order chi connectivity index (χ0) is 18.5. The van der Waals surface area contributed by atoms with E-state index in [1.165, 1.54) is 12.0 Å². The minimum atomic E-state index is -0.135. The zero-order valence-electron chi connectivity index (χ0n) is 15.4. The van der Waals surface area contributed by atoms with E-state index in [9.17, 15) is 4.79 Å². The second kappa shape index (κ2) is 8.65. The molecule has 1 N–H and O–H groups in total. The van der Waals surface area contributed by atoms with Crippen molar-refractivity contribution >= 4 is 17.5 Å². The van der Waals surface area contributed by atoms with E-state index >= 15 is 0 Å². The Morgan fingerprint density at radius 3 is 2.58 bits per heavy atom. The van der Waals surface area contributed by atoms with Gasteiger partial charge < -0.3 is 5.32 Å². The van der Waals surface area contributed by atoms with Crippen LogP contribution in [0.25, 0.3) is 0 Å². The van der Waals surface area contributed by atoms with Gasteiger partial charge in [-0.15, -0.1) is 0 Å². The van der Waals surface area contributed by atoms with E-state index in [4.69, 9.17) is 11.6 Å². The first-order valence-corrected chi connectivity index (χ1v) is 9.58. The van der Waals surface area contributed by atoms with E-state index in [0.29, 0.717) is 17.3 Å². The van der Waals surface area contributed by atoms with Crippen LogP contribution in [0.3, 0.4) is 0 Å². The molecule has 1 aromatic heterocycles. The predicted molar refractivity (Wildman–Crippen MR) is 105 cm³/mol. The lowest BCUT2D eigenvalue weighted by Crippen LogP contribution is -2.38. The molecule has 2 aromatic rings. The third kappa shape index (κ3) is 5.05. The van der Waals surface area contributed by atoms with Crippen molar-refractivity contribution < 1.29 is 4.79 Å². The van der Waals surface area contributed by atoms with Crippen LogP contribution in [-0.4, -0.2) is 28.9 Å². The van der Waals surface area contributed by atoms with Crippen LogP contribution in [0.15, 0.2) is 42.6 Å². The van der Waals surface area contributed by atoms with Gasteiger partial charge in [0.25, 0.3) is 5.91 Å². The van der Waals surface area contributed by atoms with Gasteiger partial charge in [-0.25, -0.2) is 4.98 Å². The summed E-state index contributed by atoms with van der Waals surface area (Å²) in [5.41, 5.74) is 2.97. The third-order valence-corrected chi connectivity index (χ3v) is 5.09. The summed E-state index contributed by atoms with van der Waals surface area (Å²) in [4.78, 5) is 18.8. The Hall–Kier alpha value is -1.91. The average Bonchev–Trinajstić information content (AvgIpc) is 2.60.